The van der Waals surface area contributed by atoms with Gasteiger partial charge in [-0.1, -0.05) is 29.8 Å². The zero-order valence-corrected chi connectivity index (χ0v) is 16.7. The van der Waals surface area contributed by atoms with E-state index >= 15 is 0 Å². The topological polar surface area (TPSA) is 78.9 Å². The van der Waals surface area contributed by atoms with Crippen molar-refractivity contribution < 1.29 is 41.8 Å². The lowest BCUT2D eigenvalue weighted by Gasteiger charge is -2.23. The summed E-state index contributed by atoms with van der Waals surface area (Å²) in [5.74, 6) is -2.92. The van der Waals surface area contributed by atoms with E-state index in [1.165, 1.54) is 21.0 Å². The molecule has 0 heterocycles. The van der Waals surface area contributed by atoms with E-state index in [9.17, 15) is 27.6 Å². The molecule has 0 amide bonds. The van der Waals surface area contributed by atoms with Crippen LogP contribution in [-0.2, 0) is 23.8 Å². The summed E-state index contributed by atoms with van der Waals surface area (Å²) in [6.45, 7) is 7.63. The van der Waals surface area contributed by atoms with Crippen LogP contribution in [-0.4, -0.2) is 49.3 Å². The zero-order valence-electron chi connectivity index (χ0n) is 16.7. The smallest absolute Gasteiger partial charge is 0.456 e. The lowest BCUT2D eigenvalue weighted by Crippen LogP contribution is -2.38. The monoisotopic (exact) mass is 406 g/mol. The second kappa shape index (κ2) is 10.8. The average Bonchev–Trinajstić information content (AvgIpc) is 2.53. The van der Waals surface area contributed by atoms with E-state index < -0.39 is 29.8 Å². The van der Waals surface area contributed by atoms with Crippen molar-refractivity contribution in [2.75, 3.05) is 13.7 Å². The van der Waals surface area contributed by atoms with Crippen LogP contribution in [0.2, 0.25) is 0 Å². The fraction of sp³-hybridized carbons (Fsp3) is 0.526. The highest BCUT2D eigenvalue weighted by molar-refractivity contribution is 6.03. The van der Waals surface area contributed by atoms with Crippen molar-refractivity contribution in [2.45, 2.75) is 52.5 Å². The number of Topliss-reactive ketones (excluding diaryl/α,β-unsaturated/α-hetero) is 1. The summed E-state index contributed by atoms with van der Waals surface area (Å²) in [7, 11) is 1.40. The SMILES string of the molecule is CC(C)OC(=O)C(F)(F)F.COCC(=O)OC(C)(C)C(=O)c1ccc(C)cc1. The second-order valence-electron chi connectivity index (χ2n) is 6.56. The summed E-state index contributed by atoms with van der Waals surface area (Å²) in [6.07, 6.45) is -5.60. The van der Waals surface area contributed by atoms with E-state index in [4.69, 9.17) is 4.74 Å². The number of esters is 2. The molecule has 0 aliphatic rings. The first kappa shape index (κ1) is 25.6. The third kappa shape index (κ3) is 9.50. The zero-order chi connectivity index (χ0) is 22.1. The third-order valence-corrected chi connectivity index (χ3v) is 3.07. The summed E-state index contributed by atoms with van der Waals surface area (Å²) in [4.78, 5) is 33.5. The van der Waals surface area contributed by atoms with E-state index in [1.807, 2.05) is 19.1 Å². The number of benzene rings is 1. The maximum atomic E-state index is 12.2. The number of hydrogen-bond acceptors (Lipinski definition) is 6. The summed E-state index contributed by atoms with van der Waals surface area (Å²) in [6, 6.07) is 7.15. The molecule has 9 heteroatoms. The van der Waals surface area contributed by atoms with Crippen LogP contribution < -0.4 is 0 Å². The van der Waals surface area contributed by atoms with Crippen molar-refractivity contribution in [1.82, 2.24) is 0 Å². The Kier molecular flexibility index (Phi) is 9.86. The minimum Gasteiger partial charge on any atom is -0.456 e. The first-order valence-electron chi connectivity index (χ1n) is 8.30. The molecule has 158 valence electrons. The van der Waals surface area contributed by atoms with Gasteiger partial charge >= 0.3 is 18.1 Å². The molecule has 0 spiro atoms. The van der Waals surface area contributed by atoms with Crippen molar-refractivity contribution in [3.8, 4) is 0 Å². The lowest BCUT2D eigenvalue weighted by molar-refractivity contribution is -0.203. The minimum atomic E-state index is -4.87. The van der Waals surface area contributed by atoms with E-state index in [1.54, 1.807) is 26.0 Å². The van der Waals surface area contributed by atoms with E-state index in [0.717, 1.165) is 5.56 Å². The van der Waals surface area contributed by atoms with E-state index in [-0.39, 0.29) is 12.4 Å². The minimum absolute atomic E-state index is 0.162. The molecular formula is C19H25F3O6. The van der Waals surface area contributed by atoms with Crippen LogP contribution in [0.25, 0.3) is 0 Å². The fourth-order valence-electron chi connectivity index (χ4n) is 1.81. The standard InChI is InChI=1S/C14H18O4.C5H7F3O2/c1-10-5-7-11(8-6-10)13(16)14(2,3)18-12(15)9-17-4;1-3(2)10-4(9)5(6,7)8/h5-8H,9H2,1-4H3;3H,1-2H3. The number of ketones is 1. The van der Waals surface area contributed by atoms with Gasteiger partial charge in [-0.05, 0) is 34.6 Å². The lowest BCUT2D eigenvalue weighted by atomic mass is 9.96. The number of methoxy groups -OCH3 is 1. The summed E-state index contributed by atoms with van der Waals surface area (Å²) in [5, 5.41) is 0. The molecule has 0 aromatic heterocycles. The van der Waals surface area contributed by atoms with Crippen LogP contribution >= 0.6 is 0 Å². The molecule has 0 saturated heterocycles. The molecule has 1 rings (SSSR count). The number of ether oxygens (including phenoxy) is 3. The third-order valence-electron chi connectivity index (χ3n) is 3.07. The van der Waals surface area contributed by atoms with Gasteiger partial charge in [0.05, 0.1) is 6.10 Å². The molecule has 28 heavy (non-hydrogen) atoms. The van der Waals surface area contributed by atoms with Crippen molar-refractivity contribution in [2.24, 2.45) is 0 Å². The summed E-state index contributed by atoms with van der Waals surface area (Å²) >= 11 is 0. The Bertz CT molecular complexity index is 663. The van der Waals surface area contributed by atoms with Crippen LogP contribution in [0, 0.1) is 6.92 Å². The maximum Gasteiger partial charge on any atom is 0.490 e. The molecule has 0 fully saturated rings. The Morgan fingerprint density at radius 1 is 1.04 bits per heavy atom. The van der Waals surface area contributed by atoms with Gasteiger partial charge < -0.3 is 14.2 Å². The molecule has 0 aliphatic carbocycles. The van der Waals surface area contributed by atoms with Crippen LogP contribution in [0.5, 0.6) is 0 Å². The molecule has 6 nitrogen and oxygen atoms in total. The Morgan fingerprint density at radius 2 is 1.54 bits per heavy atom. The van der Waals surface area contributed by atoms with Gasteiger partial charge in [-0.3, -0.25) is 4.79 Å². The molecule has 1 aromatic rings. The predicted molar refractivity (Wildman–Crippen MR) is 94.8 cm³/mol. The number of rotatable bonds is 6. The number of carbonyl (C=O) groups excluding carboxylic acids is 3. The van der Waals surface area contributed by atoms with Crippen LogP contribution in [0.3, 0.4) is 0 Å². The number of hydrogen-bond donors (Lipinski definition) is 0. The van der Waals surface area contributed by atoms with Crippen molar-refractivity contribution >= 4 is 17.7 Å². The normalized spacial score (nSPS) is 11.4. The molecule has 0 atom stereocenters. The highest BCUT2D eigenvalue weighted by Gasteiger charge is 2.41. The number of aryl methyl sites for hydroxylation is 1. The number of halogens is 3. The molecule has 0 radical (unpaired) electrons. The molecule has 0 bridgehead atoms. The Morgan fingerprint density at radius 3 is 1.89 bits per heavy atom. The van der Waals surface area contributed by atoms with Gasteiger partial charge in [0, 0.05) is 12.7 Å². The van der Waals surface area contributed by atoms with Gasteiger partial charge in [-0.15, -0.1) is 0 Å². The van der Waals surface area contributed by atoms with Crippen LogP contribution in [0.4, 0.5) is 13.2 Å². The van der Waals surface area contributed by atoms with Crippen LogP contribution in [0.1, 0.15) is 43.6 Å². The fourth-order valence-corrected chi connectivity index (χ4v) is 1.81. The largest absolute Gasteiger partial charge is 0.490 e. The Hall–Kier alpha value is -2.42. The quantitative estimate of drug-likeness (QED) is 0.530. The van der Waals surface area contributed by atoms with Crippen molar-refractivity contribution in [1.29, 1.82) is 0 Å². The highest BCUT2D eigenvalue weighted by Crippen LogP contribution is 2.18. The van der Waals surface area contributed by atoms with Gasteiger partial charge in [0.15, 0.2) is 5.60 Å². The van der Waals surface area contributed by atoms with Gasteiger partial charge in [0.25, 0.3) is 0 Å². The first-order chi connectivity index (χ1) is 12.7. The summed E-state index contributed by atoms with van der Waals surface area (Å²) < 4.78 is 47.6. The first-order valence-corrected chi connectivity index (χ1v) is 8.30. The maximum absolute atomic E-state index is 12.2. The van der Waals surface area contributed by atoms with E-state index in [0.29, 0.717) is 5.56 Å². The number of carbonyl (C=O) groups is 3. The molecule has 0 N–H and O–H groups in total. The van der Waals surface area contributed by atoms with E-state index in [2.05, 4.69) is 9.47 Å². The molecule has 0 saturated carbocycles. The van der Waals surface area contributed by atoms with Crippen LogP contribution in [0.15, 0.2) is 24.3 Å². The average molecular weight is 406 g/mol. The van der Waals surface area contributed by atoms with Crippen molar-refractivity contribution in [3.05, 3.63) is 35.4 Å². The predicted octanol–water partition coefficient (Wildman–Crippen LogP) is 3.65. The molecule has 1 aromatic carbocycles. The van der Waals surface area contributed by atoms with Gasteiger partial charge in [0.2, 0.25) is 5.78 Å². The van der Waals surface area contributed by atoms with Gasteiger partial charge in [-0.2, -0.15) is 13.2 Å². The Balaban J connectivity index is 0.000000621. The number of alkyl halides is 3. The highest BCUT2D eigenvalue weighted by atomic mass is 19.4. The van der Waals surface area contributed by atoms with Gasteiger partial charge in [0.1, 0.15) is 6.61 Å². The second-order valence-corrected chi connectivity index (χ2v) is 6.56. The van der Waals surface area contributed by atoms with Crippen molar-refractivity contribution in [3.63, 3.8) is 0 Å². The molecule has 0 unspecified atom stereocenters. The Labute approximate surface area is 162 Å². The molecular weight excluding hydrogens is 381 g/mol. The summed E-state index contributed by atoms with van der Waals surface area (Å²) in [5.41, 5.74) is 0.404. The van der Waals surface area contributed by atoms with Gasteiger partial charge in [-0.25, -0.2) is 9.59 Å². The molecule has 0 aliphatic heterocycles.